The van der Waals surface area contributed by atoms with Crippen LogP contribution in [0.15, 0.2) is 30.3 Å². The molecular weight excluding hydrogens is 226 g/mol. The number of hydrogen-bond donors (Lipinski definition) is 2. The van der Waals surface area contributed by atoms with Crippen molar-refractivity contribution >= 4 is 40.3 Å². The van der Waals surface area contributed by atoms with E-state index in [1.54, 1.807) is 0 Å². The Hall–Kier alpha value is -1.20. The molecule has 0 spiro atoms. The van der Waals surface area contributed by atoms with Gasteiger partial charge in [0.1, 0.15) is 0 Å². The summed E-state index contributed by atoms with van der Waals surface area (Å²) in [4.78, 5) is 1.89. The van der Waals surface area contributed by atoms with Crippen LogP contribution in [0.2, 0.25) is 0 Å². The van der Waals surface area contributed by atoms with Crippen molar-refractivity contribution in [1.29, 1.82) is 0 Å². The molecule has 1 aliphatic rings. The normalized spacial score (nSPS) is 14.9. The highest BCUT2D eigenvalue weighted by molar-refractivity contribution is 7.82. The average molecular weight is 237 g/mol. The number of nitrogens with zero attached hydrogens (tertiary/aromatic N) is 1. The zero-order chi connectivity index (χ0) is 10.7. The van der Waals surface area contributed by atoms with E-state index >= 15 is 0 Å². The molecule has 0 bridgehead atoms. The Bertz CT molecular complexity index is 378. The third kappa shape index (κ3) is 2.43. The molecule has 1 heterocycles. The van der Waals surface area contributed by atoms with Gasteiger partial charge in [-0.15, -0.1) is 0 Å². The first-order chi connectivity index (χ1) is 7.27. The van der Waals surface area contributed by atoms with Crippen molar-refractivity contribution < 1.29 is 0 Å². The Kier molecular flexibility index (Phi) is 3.13. The quantitative estimate of drug-likeness (QED) is 0.723. The van der Waals surface area contributed by atoms with Crippen molar-refractivity contribution in [2.75, 3.05) is 18.4 Å². The molecule has 2 N–H and O–H groups in total. The SMILES string of the molecule is S=C1NCCN1C(=S)Nc1ccccc1. The lowest BCUT2D eigenvalue weighted by atomic mass is 10.3. The standard InChI is InChI=1S/C10H11N3S2/c14-9-11-6-7-13(9)10(15)12-8-4-2-1-3-5-8/h1-5H,6-7H2,(H,11,14)(H,12,15). The first-order valence-electron chi connectivity index (χ1n) is 4.69. The number of thiocarbonyl (C=S) groups is 2. The Morgan fingerprint density at radius 2 is 2.07 bits per heavy atom. The molecule has 0 aliphatic carbocycles. The summed E-state index contributed by atoms with van der Waals surface area (Å²) < 4.78 is 0. The van der Waals surface area contributed by atoms with Crippen LogP contribution >= 0.6 is 24.4 Å². The summed E-state index contributed by atoms with van der Waals surface area (Å²) in [6.45, 7) is 1.69. The second kappa shape index (κ2) is 4.55. The molecular formula is C10H11N3S2. The van der Waals surface area contributed by atoms with Crippen LogP contribution in [0, 0.1) is 0 Å². The van der Waals surface area contributed by atoms with Gasteiger partial charge in [0.25, 0.3) is 0 Å². The maximum absolute atomic E-state index is 5.26. The van der Waals surface area contributed by atoms with Gasteiger partial charge in [0, 0.05) is 18.8 Å². The van der Waals surface area contributed by atoms with Gasteiger partial charge in [-0.25, -0.2) is 0 Å². The number of nitrogens with one attached hydrogen (secondary N) is 2. The Balaban J connectivity index is 2.01. The number of rotatable bonds is 1. The molecule has 1 aromatic rings. The van der Waals surface area contributed by atoms with E-state index in [-0.39, 0.29) is 0 Å². The minimum Gasteiger partial charge on any atom is -0.360 e. The summed E-state index contributed by atoms with van der Waals surface area (Å²) in [6, 6.07) is 9.84. The van der Waals surface area contributed by atoms with Gasteiger partial charge in [0.05, 0.1) is 0 Å². The summed E-state index contributed by atoms with van der Waals surface area (Å²) in [6.07, 6.45) is 0. The van der Waals surface area contributed by atoms with Crippen LogP contribution < -0.4 is 10.6 Å². The van der Waals surface area contributed by atoms with E-state index in [4.69, 9.17) is 24.4 Å². The maximum Gasteiger partial charge on any atom is 0.179 e. The lowest BCUT2D eigenvalue weighted by Gasteiger charge is -2.18. The number of para-hydroxylation sites is 1. The van der Waals surface area contributed by atoms with Crippen LogP contribution in [0.1, 0.15) is 0 Å². The van der Waals surface area contributed by atoms with Crippen molar-refractivity contribution in [2.45, 2.75) is 0 Å². The second-order valence-corrected chi connectivity index (χ2v) is 3.95. The number of benzene rings is 1. The van der Waals surface area contributed by atoms with Crippen molar-refractivity contribution in [2.24, 2.45) is 0 Å². The van der Waals surface area contributed by atoms with E-state index < -0.39 is 0 Å². The minimum absolute atomic E-state index is 0.649. The smallest absolute Gasteiger partial charge is 0.179 e. The van der Waals surface area contributed by atoms with Gasteiger partial charge in [-0.3, -0.25) is 4.90 Å². The molecule has 15 heavy (non-hydrogen) atoms. The van der Waals surface area contributed by atoms with Crippen molar-refractivity contribution in [3.05, 3.63) is 30.3 Å². The maximum atomic E-state index is 5.26. The van der Waals surface area contributed by atoms with Gasteiger partial charge < -0.3 is 10.6 Å². The van der Waals surface area contributed by atoms with E-state index in [9.17, 15) is 0 Å². The first kappa shape index (κ1) is 10.3. The molecule has 78 valence electrons. The highest BCUT2D eigenvalue weighted by Crippen LogP contribution is 2.08. The molecule has 0 atom stereocenters. The molecule has 0 saturated carbocycles. The fourth-order valence-electron chi connectivity index (χ4n) is 1.38. The lowest BCUT2D eigenvalue weighted by molar-refractivity contribution is 0.693. The zero-order valence-electron chi connectivity index (χ0n) is 8.06. The van der Waals surface area contributed by atoms with Gasteiger partial charge in [-0.1, -0.05) is 18.2 Å². The van der Waals surface area contributed by atoms with Crippen molar-refractivity contribution in [3.8, 4) is 0 Å². The van der Waals surface area contributed by atoms with Gasteiger partial charge in [0.2, 0.25) is 0 Å². The number of anilines is 1. The summed E-state index contributed by atoms with van der Waals surface area (Å²) in [5.41, 5.74) is 0.984. The molecule has 0 unspecified atom stereocenters. The van der Waals surface area contributed by atoms with Crippen LogP contribution in [0.5, 0.6) is 0 Å². The van der Waals surface area contributed by atoms with Gasteiger partial charge in [0.15, 0.2) is 10.2 Å². The Morgan fingerprint density at radius 1 is 1.33 bits per heavy atom. The molecule has 3 nitrogen and oxygen atoms in total. The molecule has 5 heteroatoms. The monoisotopic (exact) mass is 237 g/mol. The summed E-state index contributed by atoms with van der Waals surface area (Å²) >= 11 is 10.4. The van der Waals surface area contributed by atoms with Crippen molar-refractivity contribution in [3.63, 3.8) is 0 Å². The van der Waals surface area contributed by atoms with E-state index in [0.717, 1.165) is 18.8 Å². The summed E-state index contributed by atoms with van der Waals surface area (Å²) in [5, 5.41) is 7.56. The molecule has 1 fully saturated rings. The predicted molar refractivity (Wildman–Crippen MR) is 70.0 cm³/mol. The first-order valence-corrected chi connectivity index (χ1v) is 5.50. The highest BCUT2D eigenvalue weighted by atomic mass is 32.1. The third-order valence-electron chi connectivity index (χ3n) is 2.13. The zero-order valence-corrected chi connectivity index (χ0v) is 9.70. The second-order valence-electron chi connectivity index (χ2n) is 3.18. The lowest BCUT2D eigenvalue weighted by Crippen LogP contribution is -2.37. The molecule has 1 aromatic carbocycles. The Morgan fingerprint density at radius 3 is 2.67 bits per heavy atom. The molecule has 0 aromatic heterocycles. The van der Waals surface area contributed by atoms with Crippen LogP contribution in [0.3, 0.4) is 0 Å². The van der Waals surface area contributed by atoms with E-state index in [0.29, 0.717) is 10.2 Å². The third-order valence-corrected chi connectivity index (χ3v) is 2.81. The fourth-order valence-corrected chi connectivity index (χ4v) is 2.02. The largest absolute Gasteiger partial charge is 0.360 e. The molecule has 0 amide bonds. The van der Waals surface area contributed by atoms with Crippen molar-refractivity contribution in [1.82, 2.24) is 10.2 Å². The van der Waals surface area contributed by atoms with E-state index in [2.05, 4.69) is 10.6 Å². The summed E-state index contributed by atoms with van der Waals surface area (Å²) in [5.74, 6) is 0. The number of hydrogen-bond acceptors (Lipinski definition) is 2. The van der Waals surface area contributed by atoms with Crippen LogP contribution in [-0.2, 0) is 0 Å². The van der Waals surface area contributed by atoms with E-state index in [1.165, 1.54) is 0 Å². The summed E-state index contributed by atoms with van der Waals surface area (Å²) in [7, 11) is 0. The fraction of sp³-hybridized carbons (Fsp3) is 0.200. The predicted octanol–water partition coefficient (Wildman–Crippen LogP) is 1.57. The van der Waals surface area contributed by atoms with Crippen LogP contribution in [0.4, 0.5) is 5.69 Å². The minimum atomic E-state index is 0.649. The molecule has 2 rings (SSSR count). The van der Waals surface area contributed by atoms with Gasteiger partial charge in [-0.05, 0) is 36.6 Å². The molecule has 1 aliphatic heterocycles. The van der Waals surface area contributed by atoms with Crippen LogP contribution in [-0.4, -0.2) is 28.2 Å². The highest BCUT2D eigenvalue weighted by Gasteiger charge is 2.19. The van der Waals surface area contributed by atoms with Gasteiger partial charge >= 0.3 is 0 Å². The molecule has 1 saturated heterocycles. The Labute approximate surface area is 99.5 Å². The molecule has 0 radical (unpaired) electrons. The average Bonchev–Trinajstić information content (AvgIpc) is 2.66. The van der Waals surface area contributed by atoms with E-state index in [1.807, 2.05) is 35.2 Å². The van der Waals surface area contributed by atoms with Gasteiger partial charge in [-0.2, -0.15) is 0 Å². The van der Waals surface area contributed by atoms with Crippen LogP contribution in [0.25, 0.3) is 0 Å². The topological polar surface area (TPSA) is 27.3 Å².